The van der Waals surface area contributed by atoms with Gasteiger partial charge in [-0.15, -0.1) is 0 Å². The summed E-state index contributed by atoms with van der Waals surface area (Å²) in [4.78, 5) is 30.8. The van der Waals surface area contributed by atoms with Crippen molar-refractivity contribution in [3.8, 4) is 17.2 Å². The van der Waals surface area contributed by atoms with Crippen molar-refractivity contribution in [1.82, 2.24) is 10.2 Å². The summed E-state index contributed by atoms with van der Waals surface area (Å²) in [7, 11) is 0.136. The highest BCUT2D eigenvalue weighted by molar-refractivity contribution is 7.92. The van der Waals surface area contributed by atoms with Crippen molar-refractivity contribution < 1.29 is 32.2 Å². The fourth-order valence-corrected chi connectivity index (χ4v) is 7.82. The summed E-state index contributed by atoms with van der Waals surface area (Å²) in [5.41, 5.74) is 2.59. The van der Waals surface area contributed by atoms with Crippen molar-refractivity contribution in [1.29, 1.82) is 0 Å². The van der Waals surface area contributed by atoms with Crippen molar-refractivity contribution in [2.75, 3.05) is 32.2 Å². The van der Waals surface area contributed by atoms with Gasteiger partial charge in [-0.3, -0.25) is 13.9 Å². The number of rotatable bonds is 15. The first-order valence-corrected chi connectivity index (χ1v) is 18.6. The maximum atomic E-state index is 14.9. The molecular formula is C40H47N3O7S. The molecule has 5 rings (SSSR count). The highest BCUT2D eigenvalue weighted by Gasteiger charge is 2.36. The number of hydrogen-bond acceptors (Lipinski definition) is 7. The number of sulfonamides is 1. The average Bonchev–Trinajstić information content (AvgIpc) is 3.15. The Hall–Kier alpha value is -5.03. The number of nitrogens with one attached hydrogen (secondary N) is 1. The van der Waals surface area contributed by atoms with Crippen LogP contribution in [0.3, 0.4) is 0 Å². The molecule has 0 aromatic heterocycles. The zero-order valence-electron chi connectivity index (χ0n) is 29.7. The number of ether oxygens (including phenoxy) is 3. The SMILES string of the molecule is COc1cccc(CN(C(=O)CN(c2cc(OC)ccc2OC)S(=O)(=O)c2ccc(C)cc2)[C@H](Cc2ccccc2)C(=O)NC2CCCCC2)c1. The lowest BCUT2D eigenvalue weighted by Gasteiger charge is -2.35. The molecule has 0 saturated heterocycles. The number of aryl methyl sites for hydroxylation is 1. The molecule has 1 N–H and O–H groups in total. The van der Waals surface area contributed by atoms with Crippen LogP contribution in [0.25, 0.3) is 0 Å². The van der Waals surface area contributed by atoms with Gasteiger partial charge in [-0.2, -0.15) is 0 Å². The predicted octanol–water partition coefficient (Wildman–Crippen LogP) is 6.31. The predicted molar refractivity (Wildman–Crippen MR) is 198 cm³/mol. The normalized spacial score (nSPS) is 13.9. The fourth-order valence-electron chi connectivity index (χ4n) is 6.41. The van der Waals surface area contributed by atoms with E-state index in [9.17, 15) is 18.0 Å². The van der Waals surface area contributed by atoms with Crippen LogP contribution in [0, 0.1) is 6.92 Å². The van der Waals surface area contributed by atoms with Crippen LogP contribution < -0.4 is 23.8 Å². The van der Waals surface area contributed by atoms with Crippen molar-refractivity contribution in [2.45, 2.75) is 69.0 Å². The minimum absolute atomic E-state index is 0.000922. The van der Waals surface area contributed by atoms with Gasteiger partial charge in [0.2, 0.25) is 11.8 Å². The summed E-state index contributed by atoms with van der Waals surface area (Å²) < 4.78 is 46.7. The molecule has 0 heterocycles. The average molecular weight is 714 g/mol. The topological polar surface area (TPSA) is 114 Å². The molecule has 1 aliphatic carbocycles. The molecule has 0 spiro atoms. The number of carbonyl (C=O) groups excluding carboxylic acids is 2. The van der Waals surface area contributed by atoms with E-state index in [2.05, 4.69) is 5.32 Å². The third-order valence-corrected chi connectivity index (χ3v) is 11.0. The molecule has 270 valence electrons. The second-order valence-electron chi connectivity index (χ2n) is 12.8. The molecule has 0 bridgehead atoms. The van der Waals surface area contributed by atoms with E-state index in [4.69, 9.17) is 14.2 Å². The van der Waals surface area contributed by atoms with E-state index in [-0.39, 0.29) is 41.2 Å². The summed E-state index contributed by atoms with van der Waals surface area (Å²) in [6.07, 6.45) is 5.13. The Morgan fingerprint density at radius 1 is 0.784 bits per heavy atom. The molecule has 4 aromatic rings. The standard InChI is InChI=1S/C40H47N3O7S/c1-29-18-21-35(22-19-29)51(46,47)43(36-26-34(49-3)20-23-38(36)50-4)28-39(44)42(27-31-14-11-17-33(24-31)48-2)37(25-30-12-7-5-8-13-30)40(45)41-32-15-9-6-10-16-32/h5,7-8,11-14,17-24,26,32,37H,6,9-10,15-16,25,27-28H2,1-4H3,(H,41,45)/t37-/m1/s1. The van der Waals surface area contributed by atoms with Gasteiger partial charge >= 0.3 is 0 Å². The lowest BCUT2D eigenvalue weighted by Crippen LogP contribution is -2.55. The number of methoxy groups -OCH3 is 3. The first-order chi connectivity index (χ1) is 24.6. The molecule has 11 heteroatoms. The number of amides is 2. The largest absolute Gasteiger partial charge is 0.497 e. The van der Waals surface area contributed by atoms with E-state index in [1.807, 2.05) is 55.5 Å². The molecule has 0 unspecified atom stereocenters. The summed E-state index contributed by atoms with van der Waals surface area (Å²) in [6, 6.07) is 27.1. The van der Waals surface area contributed by atoms with Crippen molar-refractivity contribution in [3.05, 3.63) is 114 Å². The van der Waals surface area contributed by atoms with Gasteiger partial charge < -0.3 is 24.4 Å². The maximum Gasteiger partial charge on any atom is 0.264 e. The van der Waals surface area contributed by atoms with Gasteiger partial charge in [-0.05, 0) is 67.3 Å². The first kappa shape index (κ1) is 37.2. The fraction of sp³-hybridized carbons (Fsp3) is 0.350. The summed E-state index contributed by atoms with van der Waals surface area (Å²) in [5.74, 6) is 0.349. The van der Waals surface area contributed by atoms with Crippen molar-refractivity contribution in [3.63, 3.8) is 0 Å². The van der Waals surface area contributed by atoms with Gasteiger partial charge in [-0.25, -0.2) is 8.42 Å². The second kappa shape index (κ2) is 17.3. The van der Waals surface area contributed by atoms with E-state index >= 15 is 0 Å². The molecule has 0 aliphatic heterocycles. The Balaban J connectivity index is 1.62. The lowest BCUT2D eigenvalue weighted by molar-refractivity contribution is -0.140. The van der Waals surface area contributed by atoms with Crippen LogP contribution in [0.1, 0.15) is 48.8 Å². The Labute approximate surface area is 301 Å². The van der Waals surface area contributed by atoms with Crippen LogP contribution >= 0.6 is 0 Å². The Morgan fingerprint density at radius 3 is 2.12 bits per heavy atom. The molecule has 1 saturated carbocycles. The van der Waals surface area contributed by atoms with E-state index in [0.29, 0.717) is 11.5 Å². The smallest absolute Gasteiger partial charge is 0.264 e. The molecule has 4 aromatic carbocycles. The van der Waals surface area contributed by atoms with Crippen LogP contribution in [0.15, 0.2) is 102 Å². The Morgan fingerprint density at radius 2 is 1.45 bits per heavy atom. The Kier molecular flexibility index (Phi) is 12.6. The van der Waals surface area contributed by atoms with Crippen LogP contribution in [-0.2, 0) is 32.6 Å². The summed E-state index contributed by atoms with van der Waals surface area (Å²) >= 11 is 0. The third kappa shape index (κ3) is 9.40. The molecule has 1 fully saturated rings. The van der Waals surface area contributed by atoms with Crippen LogP contribution in [0.5, 0.6) is 17.2 Å². The zero-order valence-corrected chi connectivity index (χ0v) is 30.5. The van der Waals surface area contributed by atoms with E-state index in [1.54, 1.807) is 37.4 Å². The molecule has 1 aliphatic rings. The quantitative estimate of drug-likeness (QED) is 0.154. The van der Waals surface area contributed by atoms with Crippen LogP contribution in [0.4, 0.5) is 5.69 Å². The second-order valence-corrected chi connectivity index (χ2v) is 14.6. The van der Waals surface area contributed by atoms with Crippen molar-refractivity contribution in [2.24, 2.45) is 0 Å². The molecule has 1 atom stereocenters. The van der Waals surface area contributed by atoms with Crippen molar-refractivity contribution >= 4 is 27.5 Å². The lowest BCUT2D eigenvalue weighted by atomic mass is 9.94. The van der Waals surface area contributed by atoms with Crippen LogP contribution in [-0.4, -0.2) is 65.1 Å². The monoisotopic (exact) mass is 713 g/mol. The van der Waals surface area contributed by atoms with Gasteiger partial charge in [0.1, 0.15) is 29.8 Å². The molecule has 2 amide bonds. The van der Waals surface area contributed by atoms with Gasteiger partial charge in [0.25, 0.3) is 10.0 Å². The molecule has 0 radical (unpaired) electrons. The third-order valence-electron chi connectivity index (χ3n) is 9.25. The number of benzene rings is 4. The Bertz CT molecular complexity index is 1880. The van der Waals surface area contributed by atoms with E-state index < -0.39 is 28.5 Å². The molecular weight excluding hydrogens is 667 g/mol. The van der Waals surface area contributed by atoms with E-state index in [0.717, 1.165) is 53.1 Å². The molecule has 51 heavy (non-hydrogen) atoms. The minimum atomic E-state index is -4.34. The van der Waals surface area contributed by atoms with E-state index in [1.165, 1.54) is 37.3 Å². The molecule has 10 nitrogen and oxygen atoms in total. The number of carbonyl (C=O) groups is 2. The van der Waals surface area contributed by atoms with Gasteiger partial charge in [0.05, 0.1) is 31.9 Å². The zero-order chi connectivity index (χ0) is 36.4. The first-order valence-electron chi connectivity index (χ1n) is 17.2. The van der Waals surface area contributed by atoms with Gasteiger partial charge in [0.15, 0.2) is 0 Å². The van der Waals surface area contributed by atoms with Gasteiger partial charge in [-0.1, -0.05) is 79.4 Å². The highest BCUT2D eigenvalue weighted by Crippen LogP contribution is 2.36. The highest BCUT2D eigenvalue weighted by atomic mass is 32.2. The number of nitrogens with zero attached hydrogens (tertiary/aromatic N) is 2. The number of hydrogen-bond donors (Lipinski definition) is 1. The maximum absolute atomic E-state index is 14.9. The van der Waals surface area contributed by atoms with Gasteiger partial charge in [0, 0.05) is 25.1 Å². The summed E-state index contributed by atoms with van der Waals surface area (Å²) in [6.45, 7) is 1.27. The minimum Gasteiger partial charge on any atom is -0.497 e. The van der Waals surface area contributed by atoms with Crippen LogP contribution in [0.2, 0.25) is 0 Å². The number of anilines is 1. The summed E-state index contributed by atoms with van der Waals surface area (Å²) in [5, 5.41) is 3.24.